The molecular weight excluding hydrogens is 286 g/mol. The van der Waals surface area contributed by atoms with Crippen molar-refractivity contribution in [2.24, 2.45) is 5.92 Å². The van der Waals surface area contributed by atoms with Crippen LogP contribution in [-0.4, -0.2) is 41.1 Å². The average molecular weight is 309 g/mol. The highest BCUT2D eigenvalue weighted by Crippen LogP contribution is 2.31. The van der Waals surface area contributed by atoms with Gasteiger partial charge in [0.25, 0.3) is 0 Å². The number of hydrogen-bond acceptors (Lipinski definition) is 4. The molecule has 1 atom stereocenters. The fourth-order valence-electron chi connectivity index (χ4n) is 3.04. The molecule has 0 radical (unpaired) electrons. The zero-order valence-electron chi connectivity index (χ0n) is 12.5. The molecule has 1 saturated heterocycles. The third-order valence-electron chi connectivity index (χ3n) is 4.51. The quantitative estimate of drug-likeness (QED) is 0.859. The SMILES string of the molecule is Cc1csc(=O)n1CCC(=O)NC[C@@H]1CCN(C2CC2)C1. The summed E-state index contributed by atoms with van der Waals surface area (Å²) < 4.78 is 1.68. The maximum absolute atomic E-state index is 11.9. The maximum atomic E-state index is 11.9. The number of amides is 1. The average Bonchev–Trinajstić information content (AvgIpc) is 3.13. The van der Waals surface area contributed by atoms with Crippen molar-refractivity contribution in [1.29, 1.82) is 0 Å². The second-order valence-electron chi connectivity index (χ2n) is 6.23. The van der Waals surface area contributed by atoms with Gasteiger partial charge in [0.2, 0.25) is 5.91 Å². The van der Waals surface area contributed by atoms with E-state index in [4.69, 9.17) is 0 Å². The minimum absolute atomic E-state index is 0.0242. The van der Waals surface area contributed by atoms with Crippen molar-refractivity contribution in [2.45, 2.75) is 45.2 Å². The van der Waals surface area contributed by atoms with Crippen LogP contribution in [0.5, 0.6) is 0 Å². The predicted molar refractivity (Wildman–Crippen MR) is 83.6 cm³/mol. The first-order valence-corrected chi connectivity index (χ1v) is 8.67. The molecule has 0 bridgehead atoms. The lowest BCUT2D eigenvalue weighted by Crippen LogP contribution is -2.32. The van der Waals surface area contributed by atoms with E-state index in [-0.39, 0.29) is 10.8 Å². The van der Waals surface area contributed by atoms with E-state index in [0.29, 0.717) is 18.9 Å². The molecule has 2 heterocycles. The highest BCUT2D eigenvalue weighted by molar-refractivity contribution is 7.07. The summed E-state index contributed by atoms with van der Waals surface area (Å²) in [5.74, 6) is 0.650. The van der Waals surface area contributed by atoms with Gasteiger partial charge in [-0.1, -0.05) is 11.3 Å². The van der Waals surface area contributed by atoms with E-state index in [2.05, 4.69) is 10.2 Å². The fraction of sp³-hybridized carbons (Fsp3) is 0.733. The summed E-state index contributed by atoms with van der Waals surface area (Å²) in [4.78, 5) is 26.1. The van der Waals surface area contributed by atoms with E-state index >= 15 is 0 Å². The highest BCUT2D eigenvalue weighted by Gasteiger charge is 2.34. The molecule has 21 heavy (non-hydrogen) atoms. The summed E-state index contributed by atoms with van der Waals surface area (Å²) in [5, 5.41) is 4.87. The maximum Gasteiger partial charge on any atom is 0.307 e. The lowest BCUT2D eigenvalue weighted by Gasteiger charge is -2.15. The molecule has 2 fully saturated rings. The van der Waals surface area contributed by atoms with Gasteiger partial charge in [-0.25, -0.2) is 0 Å². The molecule has 1 saturated carbocycles. The topological polar surface area (TPSA) is 54.3 Å². The minimum atomic E-state index is 0.0242. The summed E-state index contributed by atoms with van der Waals surface area (Å²) in [6, 6.07) is 0.833. The van der Waals surface area contributed by atoms with E-state index in [1.54, 1.807) is 4.57 Å². The van der Waals surface area contributed by atoms with Crippen molar-refractivity contribution in [1.82, 2.24) is 14.8 Å². The van der Waals surface area contributed by atoms with Gasteiger partial charge in [-0.05, 0) is 38.6 Å². The lowest BCUT2D eigenvalue weighted by molar-refractivity contribution is -0.121. The van der Waals surface area contributed by atoms with Gasteiger partial charge >= 0.3 is 4.87 Å². The Morgan fingerprint density at radius 1 is 1.43 bits per heavy atom. The smallest absolute Gasteiger partial charge is 0.307 e. The van der Waals surface area contributed by atoms with Crippen LogP contribution in [0.1, 0.15) is 31.4 Å². The van der Waals surface area contributed by atoms with Crippen LogP contribution in [0, 0.1) is 12.8 Å². The number of likely N-dealkylation sites (tertiary alicyclic amines) is 1. The van der Waals surface area contributed by atoms with Gasteiger partial charge in [0, 0.05) is 43.2 Å². The Labute approximate surface area is 129 Å². The minimum Gasteiger partial charge on any atom is -0.356 e. The molecule has 1 aliphatic carbocycles. The van der Waals surface area contributed by atoms with Crippen molar-refractivity contribution >= 4 is 17.2 Å². The summed E-state index contributed by atoms with van der Waals surface area (Å²) in [7, 11) is 0. The monoisotopic (exact) mass is 309 g/mol. The Morgan fingerprint density at radius 3 is 2.90 bits per heavy atom. The Kier molecular flexibility index (Phi) is 4.45. The molecule has 1 amide bonds. The second-order valence-corrected chi connectivity index (χ2v) is 7.05. The molecule has 6 heteroatoms. The molecule has 1 aromatic rings. The Morgan fingerprint density at radius 2 is 2.24 bits per heavy atom. The number of carbonyl (C=O) groups is 1. The molecule has 116 valence electrons. The van der Waals surface area contributed by atoms with E-state index < -0.39 is 0 Å². The van der Waals surface area contributed by atoms with Crippen molar-refractivity contribution < 1.29 is 4.79 Å². The van der Waals surface area contributed by atoms with E-state index in [1.807, 2.05) is 12.3 Å². The van der Waals surface area contributed by atoms with E-state index in [0.717, 1.165) is 24.8 Å². The molecule has 1 aromatic heterocycles. The molecule has 0 unspecified atom stereocenters. The van der Waals surface area contributed by atoms with Crippen LogP contribution in [0.4, 0.5) is 0 Å². The fourth-order valence-corrected chi connectivity index (χ4v) is 3.80. The normalized spacial score (nSPS) is 22.6. The van der Waals surface area contributed by atoms with Crippen molar-refractivity contribution in [3.63, 3.8) is 0 Å². The van der Waals surface area contributed by atoms with Gasteiger partial charge in [0.15, 0.2) is 0 Å². The standard InChI is InChI=1S/C15H23N3O2S/c1-11-10-21-15(20)18(11)7-5-14(19)16-8-12-4-6-17(9-12)13-2-3-13/h10,12-13H,2-9H2,1H3,(H,16,19)/t12-/m0/s1. The third kappa shape index (κ3) is 3.74. The van der Waals surface area contributed by atoms with Crippen LogP contribution in [0.2, 0.25) is 0 Å². The number of aryl methyl sites for hydroxylation is 1. The lowest BCUT2D eigenvalue weighted by atomic mass is 10.1. The van der Waals surface area contributed by atoms with Crippen LogP contribution < -0.4 is 10.2 Å². The van der Waals surface area contributed by atoms with Gasteiger partial charge in [-0.15, -0.1) is 0 Å². The first-order chi connectivity index (χ1) is 10.1. The summed E-state index contributed by atoms with van der Waals surface area (Å²) in [6.07, 6.45) is 4.29. The second kappa shape index (κ2) is 6.32. The number of nitrogens with one attached hydrogen (secondary N) is 1. The zero-order valence-corrected chi connectivity index (χ0v) is 13.3. The number of thiazole rings is 1. The number of nitrogens with zero attached hydrogens (tertiary/aromatic N) is 2. The Balaban J connectivity index is 1.38. The molecule has 0 aromatic carbocycles. The van der Waals surface area contributed by atoms with E-state index in [1.165, 1.54) is 37.1 Å². The van der Waals surface area contributed by atoms with Crippen molar-refractivity contribution in [3.8, 4) is 0 Å². The van der Waals surface area contributed by atoms with Gasteiger partial charge in [0.05, 0.1) is 0 Å². The number of hydrogen-bond donors (Lipinski definition) is 1. The van der Waals surface area contributed by atoms with Crippen molar-refractivity contribution in [2.75, 3.05) is 19.6 Å². The Hall–Kier alpha value is -1.14. The molecular formula is C15H23N3O2S. The molecule has 2 aliphatic rings. The van der Waals surface area contributed by atoms with Crippen molar-refractivity contribution in [3.05, 3.63) is 20.7 Å². The summed E-state index contributed by atoms with van der Waals surface area (Å²) in [6.45, 7) is 5.49. The molecule has 1 aliphatic heterocycles. The Bertz CT molecular complexity index is 562. The summed E-state index contributed by atoms with van der Waals surface area (Å²) in [5.41, 5.74) is 0.939. The van der Waals surface area contributed by atoms with Crippen LogP contribution in [-0.2, 0) is 11.3 Å². The third-order valence-corrected chi connectivity index (χ3v) is 5.39. The largest absolute Gasteiger partial charge is 0.356 e. The predicted octanol–water partition coefficient (Wildman–Crippen LogP) is 1.21. The van der Waals surface area contributed by atoms with Crippen LogP contribution in [0.25, 0.3) is 0 Å². The van der Waals surface area contributed by atoms with Gasteiger partial charge < -0.3 is 14.8 Å². The van der Waals surface area contributed by atoms with Gasteiger partial charge in [-0.3, -0.25) is 9.59 Å². The summed E-state index contributed by atoms with van der Waals surface area (Å²) >= 11 is 1.20. The molecule has 1 N–H and O–H groups in total. The number of rotatable bonds is 6. The van der Waals surface area contributed by atoms with Gasteiger partial charge in [0.1, 0.15) is 0 Å². The van der Waals surface area contributed by atoms with Crippen LogP contribution >= 0.6 is 11.3 Å². The number of carbonyl (C=O) groups excluding carboxylic acids is 1. The highest BCUT2D eigenvalue weighted by atomic mass is 32.1. The molecule has 3 rings (SSSR count). The molecule has 5 nitrogen and oxygen atoms in total. The van der Waals surface area contributed by atoms with Crippen LogP contribution in [0.15, 0.2) is 10.2 Å². The first-order valence-electron chi connectivity index (χ1n) is 7.79. The zero-order chi connectivity index (χ0) is 14.8. The molecule has 0 spiro atoms. The first kappa shape index (κ1) is 14.8. The van der Waals surface area contributed by atoms with E-state index in [9.17, 15) is 9.59 Å². The van der Waals surface area contributed by atoms with Gasteiger partial charge in [-0.2, -0.15) is 0 Å². The van der Waals surface area contributed by atoms with Crippen LogP contribution in [0.3, 0.4) is 0 Å². The number of aromatic nitrogens is 1.